The van der Waals surface area contributed by atoms with Crippen molar-refractivity contribution >= 4 is 23.2 Å². The van der Waals surface area contributed by atoms with Crippen LogP contribution < -0.4 is 15.1 Å². The number of Topliss-reactive ketones (excluding diaryl/α,β-unsaturated/α-hetero) is 1. The van der Waals surface area contributed by atoms with Gasteiger partial charge >= 0.3 is 0 Å². The lowest BCUT2D eigenvalue weighted by atomic mass is 9.97. The highest BCUT2D eigenvalue weighted by atomic mass is 16.5. The molecule has 0 aliphatic carbocycles. The fourth-order valence-electron chi connectivity index (χ4n) is 2.15. The number of amides is 1. The van der Waals surface area contributed by atoms with Crippen LogP contribution in [0.3, 0.4) is 0 Å². The van der Waals surface area contributed by atoms with Gasteiger partial charge in [-0.1, -0.05) is 12.1 Å². The number of hydrazone groups is 1. The normalized spacial score (nSPS) is 24.6. The number of amidine groups is 1. The zero-order chi connectivity index (χ0) is 13.6. The fourth-order valence-corrected chi connectivity index (χ4v) is 2.15. The van der Waals surface area contributed by atoms with E-state index in [1.807, 2.05) is 24.3 Å². The van der Waals surface area contributed by atoms with Crippen LogP contribution in [0.1, 0.15) is 13.8 Å². The summed E-state index contributed by atoms with van der Waals surface area (Å²) in [5.41, 5.74) is -0.252. The molecule has 0 aromatic heterocycles. The van der Waals surface area contributed by atoms with Crippen LogP contribution in [-0.2, 0) is 9.59 Å². The van der Waals surface area contributed by atoms with Gasteiger partial charge in [-0.05, 0) is 19.1 Å². The summed E-state index contributed by atoms with van der Waals surface area (Å²) in [6.07, 6.45) is 0. The Labute approximate surface area is 110 Å². The molecule has 1 unspecified atom stereocenters. The smallest absolute Gasteiger partial charge is 0.256 e. The van der Waals surface area contributed by atoms with Crippen LogP contribution in [0.15, 0.2) is 29.4 Å². The predicted octanol–water partition coefficient (Wildman–Crippen LogP) is 0.676. The molecule has 6 nitrogen and oxygen atoms in total. The first kappa shape index (κ1) is 11.7. The second-order valence-corrected chi connectivity index (χ2v) is 4.80. The number of carbonyl (C=O) groups excluding carboxylic acids is 2. The van der Waals surface area contributed by atoms with Crippen molar-refractivity contribution in [2.75, 3.05) is 11.6 Å². The van der Waals surface area contributed by atoms with Crippen LogP contribution in [0.2, 0.25) is 0 Å². The second-order valence-electron chi connectivity index (χ2n) is 4.80. The van der Waals surface area contributed by atoms with Crippen LogP contribution >= 0.6 is 0 Å². The van der Waals surface area contributed by atoms with Crippen LogP contribution in [0.25, 0.3) is 0 Å². The third-order valence-corrected chi connectivity index (χ3v) is 3.32. The highest BCUT2D eigenvalue weighted by molar-refractivity contribution is 6.41. The number of anilines is 1. The Hall–Kier alpha value is -2.37. The molecule has 1 atom stereocenters. The molecule has 1 aromatic rings. The highest BCUT2D eigenvalue weighted by Crippen LogP contribution is 2.39. The number of ketones is 1. The molecule has 2 aliphatic heterocycles. The molecule has 0 fully saturated rings. The Morgan fingerprint density at radius 1 is 1.47 bits per heavy atom. The van der Waals surface area contributed by atoms with Crippen LogP contribution in [0, 0.1) is 0 Å². The summed E-state index contributed by atoms with van der Waals surface area (Å²) in [6.45, 7) is 3.29. The fraction of sp³-hybridized carbons (Fsp3) is 0.308. The van der Waals surface area contributed by atoms with Crippen molar-refractivity contribution in [2.24, 2.45) is 5.10 Å². The number of nitrogens with one attached hydrogen (secondary N) is 1. The Bertz CT molecular complexity index is 611. The molecular formula is C13H13N3O3. The van der Waals surface area contributed by atoms with Gasteiger partial charge in [-0.3, -0.25) is 9.59 Å². The molecule has 0 saturated carbocycles. The number of hydrogen-bond donors (Lipinski definition) is 1. The Kier molecular flexibility index (Phi) is 2.35. The van der Waals surface area contributed by atoms with Crippen molar-refractivity contribution < 1.29 is 14.3 Å². The first-order chi connectivity index (χ1) is 9.02. The lowest BCUT2D eigenvalue weighted by molar-refractivity contribution is -0.127. The third-order valence-electron chi connectivity index (χ3n) is 3.32. The summed E-state index contributed by atoms with van der Waals surface area (Å²) in [4.78, 5) is 23.6. The molecule has 2 aliphatic rings. The van der Waals surface area contributed by atoms with E-state index in [0.717, 1.165) is 0 Å². The molecule has 1 amide bonds. The van der Waals surface area contributed by atoms with E-state index in [0.29, 0.717) is 11.4 Å². The number of nitrogens with zero attached hydrogens (tertiary/aromatic N) is 2. The van der Waals surface area contributed by atoms with Gasteiger partial charge in [0.05, 0.1) is 0 Å². The maximum Gasteiger partial charge on any atom is 0.256 e. The van der Waals surface area contributed by atoms with Crippen molar-refractivity contribution in [3.63, 3.8) is 0 Å². The van der Waals surface area contributed by atoms with Gasteiger partial charge in [-0.25, -0.2) is 5.01 Å². The molecule has 0 bridgehead atoms. The maximum absolute atomic E-state index is 12.2. The van der Waals surface area contributed by atoms with Gasteiger partial charge in [-0.2, -0.15) is 0 Å². The molecule has 0 spiro atoms. The summed E-state index contributed by atoms with van der Waals surface area (Å²) in [5.74, 6) is 0.141. The summed E-state index contributed by atoms with van der Waals surface area (Å²) in [6, 6.07) is 7.31. The molecule has 1 aromatic carbocycles. The SMILES string of the molecule is CC(=O)C1=NN2c3ccccc3OCC2(C)C(=O)N1. The quantitative estimate of drug-likeness (QED) is 0.805. The van der Waals surface area contributed by atoms with E-state index in [1.165, 1.54) is 6.92 Å². The van der Waals surface area contributed by atoms with E-state index in [4.69, 9.17) is 4.74 Å². The van der Waals surface area contributed by atoms with Gasteiger partial charge in [0, 0.05) is 6.92 Å². The lowest BCUT2D eigenvalue weighted by Gasteiger charge is -2.44. The Balaban J connectivity index is 2.17. The van der Waals surface area contributed by atoms with Gasteiger partial charge < -0.3 is 10.1 Å². The number of rotatable bonds is 1. The van der Waals surface area contributed by atoms with Gasteiger partial charge in [0.2, 0.25) is 0 Å². The minimum atomic E-state index is -0.937. The monoisotopic (exact) mass is 259 g/mol. The summed E-state index contributed by atoms with van der Waals surface area (Å²) < 4.78 is 5.61. The van der Waals surface area contributed by atoms with E-state index in [-0.39, 0.29) is 24.1 Å². The second kappa shape index (κ2) is 3.81. The maximum atomic E-state index is 12.2. The van der Waals surface area contributed by atoms with Gasteiger partial charge in [0.15, 0.2) is 17.2 Å². The lowest BCUT2D eigenvalue weighted by Crippen LogP contribution is -2.65. The van der Waals surface area contributed by atoms with E-state index in [9.17, 15) is 9.59 Å². The van der Waals surface area contributed by atoms with Gasteiger partial charge in [0.1, 0.15) is 18.0 Å². The van der Waals surface area contributed by atoms with E-state index in [1.54, 1.807) is 11.9 Å². The molecule has 2 heterocycles. The molecule has 3 rings (SSSR count). The summed E-state index contributed by atoms with van der Waals surface area (Å²) >= 11 is 0. The minimum Gasteiger partial charge on any atom is -0.488 e. The van der Waals surface area contributed by atoms with Gasteiger partial charge in [-0.15, -0.1) is 5.10 Å². The number of benzene rings is 1. The van der Waals surface area contributed by atoms with Crippen molar-refractivity contribution in [1.29, 1.82) is 0 Å². The molecule has 98 valence electrons. The van der Waals surface area contributed by atoms with Crippen LogP contribution in [0.5, 0.6) is 5.75 Å². The largest absolute Gasteiger partial charge is 0.488 e. The molecule has 0 saturated heterocycles. The molecule has 6 heteroatoms. The minimum absolute atomic E-state index is 0.0548. The predicted molar refractivity (Wildman–Crippen MR) is 69.1 cm³/mol. The Morgan fingerprint density at radius 2 is 2.21 bits per heavy atom. The van der Waals surface area contributed by atoms with Crippen molar-refractivity contribution in [2.45, 2.75) is 19.4 Å². The summed E-state index contributed by atoms with van der Waals surface area (Å²) in [5, 5.41) is 8.35. The molecule has 19 heavy (non-hydrogen) atoms. The van der Waals surface area contributed by atoms with Crippen molar-refractivity contribution in [3.8, 4) is 5.75 Å². The zero-order valence-electron chi connectivity index (χ0n) is 10.6. The number of ether oxygens (including phenoxy) is 1. The molecular weight excluding hydrogens is 246 g/mol. The van der Waals surface area contributed by atoms with Crippen LogP contribution in [0.4, 0.5) is 5.69 Å². The first-order valence-electron chi connectivity index (χ1n) is 5.95. The topological polar surface area (TPSA) is 71.0 Å². The number of fused-ring (bicyclic) bond motifs is 3. The van der Waals surface area contributed by atoms with Crippen LogP contribution in [-0.4, -0.2) is 29.7 Å². The molecule has 1 N–H and O–H groups in total. The Morgan fingerprint density at radius 3 is 2.95 bits per heavy atom. The zero-order valence-corrected chi connectivity index (χ0v) is 10.6. The summed E-state index contributed by atoms with van der Waals surface area (Å²) in [7, 11) is 0. The van der Waals surface area contributed by atoms with E-state index in [2.05, 4.69) is 10.4 Å². The average Bonchev–Trinajstić information content (AvgIpc) is 2.40. The third kappa shape index (κ3) is 1.60. The number of hydrogen-bond acceptors (Lipinski definition) is 5. The number of para-hydroxylation sites is 2. The van der Waals surface area contributed by atoms with Gasteiger partial charge in [0.25, 0.3) is 5.91 Å². The van der Waals surface area contributed by atoms with Crippen molar-refractivity contribution in [1.82, 2.24) is 5.32 Å². The first-order valence-corrected chi connectivity index (χ1v) is 5.95. The van der Waals surface area contributed by atoms with E-state index >= 15 is 0 Å². The highest BCUT2D eigenvalue weighted by Gasteiger charge is 2.48. The average molecular weight is 259 g/mol. The number of carbonyl (C=O) groups is 2. The molecule has 0 radical (unpaired) electrons. The standard InChI is InChI=1S/C13H13N3O3/c1-8(17)11-14-12(18)13(2)7-19-10-6-4-3-5-9(10)16(13)15-11/h3-6H,7H2,1-2H3,(H,14,15,18). The van der Waals surface area contributed by atoms with E-state index < -0.39 is 5.54 Å². The van der Waals surface area contributed by atoms with Crippen molar-refractivity contribution in [3.05, 3.63) is 24.3 Å².